The average Bonchev–Trinajstić information content (AvgIpc) is 3.15. The molecule has 3 aromatic rings. The third kappa shape index (κ3) is 4.58. The van der Waals surface area contributed by atoms with E-state index in [0.717, 1.165) is 4.88 Å². The monoisotopic (exact) mass is 364 g/mol. The summed E-state index contributed by atoms with van der Waals surface area (Å²) < 4.78 is 0. The van der Waals surface area contributed by atoms with Gasteiger partial charge in [-0.2, -0.15) is 0 Å². The van der Waals surface area contributed by atoms with Crippen LogP contribution in [0.15, 0.2) is 77.8 Å². The van der Waals surface area contributed by atoms with Crippen LogP contribution in [-0.4, -0.2) is 16.9 Å². The van der Waals surface area contributed by atoms with E-state index in [1.807, 2.05) is 23.6 Å². The van der Waals surface area contributed by atoms with Crippen molar-refractivity contribution >= 4 is 34.9 Å². The van der Waals surface area contributed by atoms with E-state index >= 15 is 0 Å². The van der Waals surface area contributed by atoms with Gasteiger partial charge in [-0.25, -0.2) is 0 Å². The van der Waals surface area contributed by atoms with Gasteiger partial charge in [-0.3, -0.25) is 9.59 Å². The fraction of sp³-hybridized carbons (Fsp3) is 0. The second kappa shape index (κ2) is 8.13. The van der Waals surface area contributed by atoms with E-state index in [2.05, 4.69) is 10.6 Å². The highest BCUT2D eigenvalue weighted by atomic mass is 32.1. The molecule has 0 saturated heterocycles. The molecule has 0 unspecified atom stereocenters. The van der Waals surface area contributed by atoms with Gasteiger partial charge in [0.15, 0.2) is 0 Å². The number of thiophene rings is 1. The zero-order valence-electron chi connectivity index (χ0n) is 13.7. The first-order valence-corrected chi connectivity index (χ1v) is 8.72. The number of aromatic hydroxyl groups is 1. The molecule has 0 saturated carbocycles. The lowest BCUT2D eigenvalue weighted by Gasteiger charge is -2.11. The lowest BCUT2D eigenvalue weighted by molar-refractivity contribution is -0.113. The summed E-state index contributed by atoms with van der Waals surface area (Å²) in [6, 6.07) is 18.6. The number of hydrogen-bond acceptors (Lipinski definition) is 4. The summed E-state index contributed by atoms with van der Waals surface area (Å²) in [6.07, 6.45) is 1.61. The molecule has 0 radical (unpaired) electrons. The van der Waals surface area contributed by atoms with Crippen molar-refractivity contribution in [3.8, 4) is 5.75 Å². The fourth-order valence-corrected chi connectivity index (χ4v) is 2.90. The molecule has 2 aromatic carbocycles. The van der Waals surface area contributed by atoms with E-state index in [4.69, 9.17) is 0 Å². The molecule has 0 aliphatic heterocycles. The molecule has 3 N–H and O–H groups in total. The maximum absolute atomic E-state index is 12.6. The standard InChI is InChI=1S/C20H16N2O3S/c23-16-9-4-8-15(12-16)21-20(25)18(13-17-10-5-11-26-17)22-19(24)14-6-2-1-3-7-14/h1-13,23H,(H,21,25)(H,22,24). The van der Waals surface area contributed by atoms with Crippen LogP contribution in [0.1, 0.15) is 15.2 Å². The molecule has 130 valence electrons. The Balaban J connectivity index is 1.83. The van der Waals surface area contributed by atoms with Crippen LogP contribution >= 0.6 is 11.3 Å². The number of phenolic OH excluding ortho intramolecular Hbond substituents is 1. The van der Waals surface area contributed by atoms with Gasteiger partial charge in [0.1, 0.15) is 11.4 Å². The highest BCUT2D eigenvalue weighted by Crippen LogP contribution is 2.18. The summed E-state index contributed by atoms with van der Waals surface area (Å²) >= 11 is 1.45. The maximum Gasteiger partial charge on any atom is 0.272 e. The summed E-state index contributed by atoms with van der Waals surface area (Å²) in [5.41, 5.74) is 1.00. The number of hydrogen-bond donors (Lipinski definition) is 3. The predicted octanol–water partition coefficient (Wildman–Crippen LogP) is 3.86. The van der Waals surface area contributed by atoms with Crippen molar-refractivity contribution in [3.63, 3.8) is 0 Å². The highest BCUT2D eigenvalue weighted by molar-refractivity contribution is 7.10. The SMILES string of the molecule is O=C(Nc1cccc(O)c1)C(=Cc1cccs1)NC(=O)c1ccccc1. The van der Waals surface area contributed by atoms with Gasteiger partial charge in [-0.05, 0) is 41.8 Å². The maximum atomic E-state index is 12.6. The van der Waals surface area contributed by atoms with Gasteiger partial charge >= 0.3 is 0 Å². The van der Waals surface area contributed by atoms with Crippen LogP contribution in [0.25, 0.3) is 6.08 Å². The fourth-order valence-electron chi connectivity index (χ4n) is 2.24. The number of phenols is 1. The van der Waals surface area contributed by atoms with E-state index in [0.29, 0.717) is 11.3 Å². The zero-order valence-corrected chi connectivity index (χ0v) is 14.5. The number of amides is 2. The number of nitrogens with one attached hydrogen (secondary N) is 2. The van der Waals surface area contributed by atoms with Gasteiger partial charge in [0.25, 0.3) is 11.8 Å². The van der Waals surface area contributed by atoms with Crippen LogP contribution in [0.4, 0.5) is 5.69 Å². The molecule has 0 aliphatic carbocycles. The van der Waals surface area contributed by atoms with Crippen molar-refractivity contribution in [2.24, 2.45) is 0 Å². The molecule has 2 amide bonds. The second-order valence-corrected chi connectivity index (χ2v) is 6.38. The smallest absolute Gasteiger partial charge is 0.272 e. The second-order valence-electron chi connectivity index (χ2n) is 5.40. The Morgan fingerprint density at radius 1 is 0.962 bits per heavy atom. The first-order chi connectivity index (χ1) is 12.6. The number of anilines is 1. The molecule has 5 nitrogen and oxygen atoms in total. The van der Waals surface area contributed by atoms with Gasteiger partial charge in [0, 0.05) is 22.2 Å². The van der Waals surface area contributed by atoms with Crippen LogP contribution in [0.3, 0.4) is 0 Å². The first kappa shape index (κ1) is 17.4. The molecule has 6 heteroatoms. The van der Waals surface area contributed by atoms with Crippen LogP contribution < -0.4 is 10.6 Å². The zero-order chi connectivity index (χ0) is 18.4. The summed E-state index contributed by atoms with van der Waals surface area (Å²) in [5.74, 6) is -0.812. The van der Waals surface area contributed by atoms with Crippen molar-refractivity contribution in [3.05, 3.63) is 88.2 Å². The molecular formula is C20H16N2O3S. The molecule has 26 heavy (non-hydrogen) atoms. The quantitative estimate of drug-likeness (QED) is 0.602. The predicted molar refractivity (Wildman–Crippen MR) is 103 cm³/mol. The van der Waals surface area contributed by atoms with Crippen LogP contribution in [0.5, 0.6) is 5.75 Å². The Morgan fingerprint density at radius 2 is 1.77 bits per heavy atom. The molecule has 0 spiro atoms. The number of rotatable bonds is 5. The minimum atomic E-state index is -0.478. The number of benzene rings is 2. The van der Waals surface area contributed by atoms with E-state index in [9.17, 15) is 14.7 Å². The Hall–Kier alpha value is -3.38. The molecule has 0 atom stereocenters. The van der Waals surface area contributed by atoms with Crippen LogP contribution in [-0.2, 0) is 4.79 Å². The highest BCUT2D eigenvalue weighted by Gasteiger charge is 2.15. The van der Waals surface area contributed by atoms with E-state index in [1.54, 1.807) is 42.5 Å². The summed E-state index contributed by atoms with van der Waals surface area (Å²) in [6.45, 7) is 0. The third-order valence-electron chi connectivity index (χ3n) is 3.46. The van der Waals surface area contributed by atoms with Crippen LogP contribution in [0, 0.1) is 0 Å². The topological polar surface area (TPSA) is 78.4 Å². The summed E-state index contributed by atoms with van der Waals surface area (Å²) in [4.78, 5) is 25.9. The number of carbonyl (C=O) groups excluding carboxylic acids is 2. The van der Waals surface area contributed by atoms with Gasteiger partial charge in [0.05, 0.1) is 0 Å². The third-order valence-corrected chi connectivity index (χ3v) is 4.28. The molecular weight excluding hydrogens is 348 g/mol. The van der Waals surface area contributed by atoms with Gasteiger partial charge in [0.2, 0.25) is 0 Å². The normalized spacial score (nSPS) is 11.0. The molecule has 0 bridgehead atoms. The van der Waals surface area contributed by atoms with Crippen molar-refractivity contribution in [1.29, 1.82) is 0 Å². The van der Waals surface area contributed by atoms with E-state index < -0.39 is 5.91 Å². The van der Waals surface area contributed by atoms with E-state index in [-0.39, 0.29) is 17.4 Å². The molecule has 3 rings (SSSR count). The Morgan fingerprint density at radius 3 is 2.46 bits per heavy atom. The Kier molecular flexibility index (Phi) is 5.46. The van der Waals surface area contributed by atoms with Gasteiger partial charge in [-0.1, -0.05) is 30.3 Å². The summed E-state index contributed by atoms with van der Waals surface area (Å²) in [5, 5.41) is 16.8. The minimum absolute atomic E-state index is 0.0416. The van der Waals surface area contributed by atoms with E-state index in [1.165, 1.54) is 23.5 Å². The molecule has 0 fully saturated rings. The van der Waals surface area contributed by atoms with Crippen LogP contribution in [0.2, 0.25) is 0 Å². The molecule has 0 aliphatic rings. The molecule has 1 aromatic heterocycles. The van der Waals surface area contributed by atoms with Crippen molar-refractivity contribution < 1.29 is 14.7 Å². The lowest BCUT2D eigenvalue weighted by Crippen LogP contribution is -2.30. The average molecular weight is 364 g/mol. The Labute approximate surface area is 154 Å². The van der Waals surface area contributed by atoms with Crippen molar-refractivity contribution in [2.45, 2.75) is 0 Å². The largest absolute Gasteiger partial charge is 0.508 e. The van der Waals surface area contributed by atoms with Gasteiger partial charge < -0.3 is 15.7 Å². The first-order valence-electron chi connectivity index (χ1n) is 7.84. The molecule has 1 heterocycles. The summed E-state index contributed by atoms with van der Waals surface area (Å²) in [7, 11) is 0. The van der Waals surface area contributed by atoms with Crippen molar-refractivity contribution in [2.75, 3.05) is 5.32 Å². The van der Waals surface area contributed by atoms with Crippen molar-refractivity contribution in [1.82, 2.24) is 5.32 Å². The lowest BCUT2D eigenvalue weighted by atomic mass is 10.2. The minimum Gasteiger partial charge on any atom is -0.508 e. The Bertz CT molecular complexity index is 935. The van der Waals surface area contributed by atoms with Gasteiger partial charge in [-0.15, -0.1) is 11.3 Å². The number of carbonyl (C=O) groups is 2.